The first-order valence-corrected chi connectivity index (χ1v) is 7.80. The largest absolute Gasteiger partial charge is 0.489 e. The molecule has 5 nitrogen and oxygen atoms in total. The van der Waals surface area contributed by atoms with E-state index < -0.39 is 25.2 Å². The third-order valence-corrected chi connectivity index (χ3v) is 3.53. The summed E-state index contributed by atoms with van der Waals surface area (Å²) in [5.74, 6) is 0.469. The van der Waals surface area contributed by atoms with Gasteiger partial charge < -0.3 is 20.1 Å². The highest BCUT2D eigenvalue weighted by molar-refractivity contribution is 5.90. The monoisotopic (exact) mass is 346 g/mol. The van der Waals surface area contributed by atoms with Crippen LogP contribution in [0, 0.1) is 6.92 Å². The number of alkyl halides is 3. The number of hydrogen-bond donors (Lipinski definition) is 2. The number of amides is 2. The Morgan fingerprint density at radius 2 is 2.21 bits per heavy atom. The van der Waals surface area contributed by atoms with Crippen molar-refractivity contribution in [3.8, 4) is 5.75 Å². The van der Waals surface area contributed by atoms with Crippen LogP contribution in [-0.2, 0) is 4.74 Å². The first-order valence-electron chi connectivity index (χ1n) is 7.80. The van der Waals surface area contributed by atoms with Crippen molar-refractivity contribution in [2.75, 3.05) is 25.1 Å². The first-order chi connectivity index (χ1) is 11.3. The number of aryl methyl sites for hydroxylation is 1. The Morgan fingerprint density at radius 3 is 2.88 bits per heavy atom. The lowest BCUT2D eigenvalue weighted by Gasteiger charge is -2.16. The number of carbonyl (C=O) groups is 1. The second kappa shape index (κ2) is 8.23. The van der Waals surface area contributed by atoms with Gasteiger partial charge in [-0.25, -0.2) is 4.79 Å². The normalized spacial score (nSPS) is 17.6. The van der Waals surface area contributed by atoms with Crippen LogP contribution in [-0.4, -0.2) is 38.1 Å². The average molecular weight is 346 g/mol. The van der Waals surface area contributed by atoms with Crippen molar-refractivity contribution in [3.05, 3.63) is 23.8 Å². The summed E-state index contributed by atoms with van der Waals surface area (Å²) in [4.78, 5) is 11.7. The summed E-state index contributed by atoms with van der Waals surface area (Å²) < 4.78 is 47.5. The summed E-state index contributed by atoms with van der Waals surface area (Å²) in [7, 11) is 0. The topological polar surface area (TPSA) is 59.6 Å². The van der Waals surface area contributed by atoms with Gasteiger partial charge in [0.25, 0.3) is 0 Å². The van der Waals surface area contributed by atoms with Crippen LogP contribution >= 0.6 is 0 Å². The average Bonchev–Trinajstić information content (AvgIpc) is 2.99. The van der Waals surface area contributed by atoms with Crippen molar-refractivity contribution in [1.82, 2.24) is 5.32 Å². The van der Waals surface area contributed by atoms with Gasteiger partial charge in [0, 0.05) is 13.2 Å². The molecule has 2 rings (SSSR count). The number of hydrogen-bond acceptors (Lipinski definition) is 3. The Morgan fingerprint density at radius 1 is 1.42 bits per heavy atom. The Hall–Kier alpha value is -1.96. The van der Waals surface area contributed by atoms with E-state index in [1.807, 2.05) is 6.92 Å². The molecule has 0 aliphatic carbocycles. The number of rotatable bonds is 6. The number of ether oxygens (including phenoxy) is 2. The van der Waals surface area contributed by atoms with Crippen molar-refractivity contribution in [2.24, 2.45) is 0 Å². The van der Waals surface area contributed by atoms with E-state index in [0.717, 1.165) is 18.4 Å². The molecule has 1 atom stereocenters. The van der Waals surface area contributed by atoms with E-state index in [1.54, 1.807) is 18.2 Å². The molecule has 2 amide bonds. The molecular formula is C16H21F3N2O3. The van der Waals surface area contributed by atoms with Gasteiger partial charge in [0.05, 0.1) is 18.2 Å². The molecule has 1 aromatic carbocycles. The highest BCUT2D eigenvalue weighted by atomic mass is 19.4. The zero-order valence-corrected chi connectivity index (χ0v) is 13.4. The van der Waals surface area contributed by atoms with Crippen LogP contribution in [0.1, 0.15) is 24.8 Å². The summed E-state index contributed by atoms with van der Waals surface area (Å²) in [6, 6.07) is 4.50. The third kappa shape index (κ3) is 6.27. The van der Waals surface area contributed by atoms with Gasteiger partial charge in [-0.05, 0) is 37.5 Å². The maximum Gasteiger partial charge on any atom is 0.390 e. The van der Waals surface area contributed by atoms with Crippen LogP contribution in [0.15, 0.2) is 18.2 Å². The molecule has 1 aliphatic rings. The summed E-state index contributed by atoms with van der Waals surface area (Å²) in [6.45, 7) is 2.49. The lowest BCUT2D eigenvalue weighted by Crippen LogP contribution is -2.32. The molecule has 0 unspecified atom stereocenters. The van der Waals surface area contributed by atoms with E-state index in [-0.39, 0.29) is 6.10 Å². The van der Waals surface area contributed by atoms with Crippen LogP contribution in [0.3, 0.4) is 0 Å². The van der Waals surface area contributed by atoms with E-state index in [0.29, 0.717) is 24.7 Å². The lowest BCUT2D eigenvalue weighted by atomic mass is 10.2. The van der Waals surface area contributed by atoms with Crippen molar-refractivity contribution in [3.63, 3.8) is 0 Å². The molecule has 8 heteroatoms. The fraction of sp³-hybridized carbons (Fsp3) is 0.562. The second-order valence-electron chi connectivity index (χ2n) is 5.69. The van der Waals surface area contributed by atoms with Crippen LogP contribution in [0.5, 0.6) is 5.75 Å². The minimum absolute atomic E-state index is 0.0268. The third-order valence-electron chi connectivity index (χ3n) is 3.53. The Balaban J connectivity index is 1.89. The van der Waals surface area contributed by atoms with E-state index in [2.05, 4.69) is 10.6 Å². The van der Waals surface area contributed by atoms with E-state index in [9.17, 15) is 18.0 Å². The maximum absolute atomic E-state index is 12.1. The van der Waals surface area contributed by atoms with Crippen LogP contribution in [0.2, 0.25) is 0 Å². The molecule has 0 radical (unpaired) electrons. The second-order valence-corrected chi connectivity index (χ2v) is 5.69. The number of halogens is 3. The van der Waals surface area contributed by atoms with Crippen molar-refractivity contribution in [1.29, 1.82) is 0 Å². The summed E-state index contributed by atoms with van der Waals surface area (Å²) in [5.41, 5.74) is 1.35. The Kier molecular flexibility index (Phi) is 6.30. The fourth-order valence-electron chi connectivity index (χ4n) is 2.30. The molecule has 134 valence electrons. The van der Waals surface area contributed by atoms with Crippen LogP contribution < -0.4 is 15.4 Å². The Bertz CT molecular complexity index is 558. The van der Waals surface area contributed by atoms with E-state index in [1.165, 1.54) is 0 Å². The SMILES string of the molecule is Cc1ccc(NC(=O)NCCC(F)(F)F)c(OC[C@H]2CCCO2)c1. The fourth-order valence-corrected chi connectivity index (χ4v) is 2.30. The molecule has 24 heavy (non-hydrogen) atoms. The highest BCUT2D eigenvalue weighted by Gasteiger charge is 2.26. The minimum Gasteiger partial charge on any atom is -0.489 e. The van der Waals surface area contributed by atoms with Gasteiger partial charge in [0.2, 0.25) is 0 Å². The molecule has 1 heterocycles. The van der Waals surface area contributed by atoms with Crippen molar-refractivity contribution < 1.29 is 27.4 Å². The van der Waals surface area contributed by atoms with Crippen molar-refractivity contribution >= 4 is 11.7 Å². The van der Waals surface area contributed by atoms with E-state index >= 15 is 0 Å². The van der Waals surface area contributed by atoms with Crippen LogP contribution in [0.4, 0.5) is 23.7 Å². The zero-order chi connectivity index (χ0) is 17.6. The molecule has 1 fully saturated rings. The maximum atomic E-state index is 12.1. The summed E-state index contributed by atoms with van der Waals surface area (Å²) in [5, 5.41) is 4.69. The van der Waals surface area contributed by atoms with Gasteiger partial charge in [-0.3, -0.25) is 0 Å². The molecule has 0 saturated carbocycles. The number of anilines is 1. The molecule has 0 aromatic heterocycles. The summed E-state index contributed by atoms with van der Waals surface area (Å²) >= 11 is 0. The van der Waals surface area contributed by atoms with Gasteiger partial charge in [0.1, 0.15) is 12.4 Å². The smallest absolute Gasteiger partial charge is 0.390 e. The van der Waals surface area contributed by atoms with Crippen LogP contribution in [0.25, 0.3) is 0 Å². The molecule has 1 saturated heterocycles. The lowest BCUT2D eigenvalue weighted by molar-refractivity contribution is -0.132. The standard InChI is InChI=1S/C16H21F3N2O3/c1-11-4-5-13(21-15(22)20-7-6-16(17,18)19)14(9-11)24-10-12-3-2-8-23-12/h4-5,9,12H,2-3,6-8,10H2,1H3,(H2,20,21,22)/t12-/m1/s1. The quantitative estimate of drug-likeness (QED) is 0.827. The number of urea groups is 1. The predicted octanol–water partition coefficient (Wildman–Crippen LogP) is 3.63. The van der Waals surface area contributed by atoms with Gasteiger partial charge in [0.15, 0.2) is 0 Å². The predicted molar refractivity (Wildman–Crippen MR) is 83.3 cm³/mol. The first kappa shape index (κ1) is 18.4. The highest BCUT2D eigenvalue weighted by Crippen LogP contribution is 2.27. The molecule has 1 aromatic rings. The van der Waals surface area contributed by atoms with Crippen molar-refractivity contribution in [2.45, 2.75) is 38.5 Å². The van der Waals surface area contributed by atoms with Gasteiger partial charge in [-0.2, -0.15) is 13.2 Å². The van der Waals surface area contributed by atoms with Gasteiger partial charge in [-0.15, -0.1) is 0 Å². The molecule has 0 spiro atoms. The summed E-state index contributed by atoms with van der Waals surface area (Å²) in [6.07, 6.45) is -3.43. The number of nitrogens with one attached hydrogen (secondary N) is 2. The minimum atomic E-state index is -4.30. The Labute approximate surface area is 138 Å². The van der Waals surface area contributed by atoms with E-state index in [4.69, 9.17) is 9.47 Å². The number of benzene rings is 1. The van der Waals surface area contributed by atoms with Gasteiger partial charge >= 0.3 is 12.2 Å². The molecular weight excluding hydrogens is 325 g/mol. The molecule has 0 bridgehead atoms. The molecule has 1 aliphatic heterocycles. The molecule has 2 N–H and O–H groups in total. The van der Waals surface area contributed by atoms with Gasteiger partial charge in [-0.1, -0.05) is 6.07 Å². The zero-order valence-electron chi connectivity index (χ0n) is 13.4. The number of carbonyl (C=O) groups excluding carboxylic acids is 1.